The van der Waals surface area contributed by atoms with Crippen molar-refractivity contribution in [1.29, 1.82) is 0 Å². The molecular formula is C16H12ClF3N2O2. The summed E-state index contributed by atoms with van der Waals surface area (Å²) in [6, 6.07) is 8.59. The fraction of sp³-hybridized carbons (Fsp3) is 0.250. The van der Waals surface area contributed by atoms with Crippen molar-refractivity contribution < 1.29 is 22.7 Å². The number of aromatic nitrogens is 1. The first kappa shape index (κ1) is 16.6. The summed E-state index contributed by atoms with van der Waals surface area (Å²) in [7, 11) is 0. The Balaban J connectivity index is 1.63. The lowest BCUT2D eigenvalue weighted by Crippen LogP contribution is -2.56. The summed E-state index contributed by atoms with van der Waals surface area (Å²) < 4.78 is 44.0. The Hall–Kier alpha value is -2.28. The van der Waals surface area contributed by atoms with Gasteiger partial charge in [-0.2, -0.15) is 13.2 Å². The average molecular weight is 357 g/mol. The van der Waals surface area contributed by atoms with Crippen molar-refractivity contribution in [2.24, 2.45) is 0 Å². The van der Waals surface area contributed by atoms with Gasteiger partial charge < -0.3 is 9.64 Å². The van der Waals surface area contributed by atoms with E-state index in [1.54, 1.807) is 24.3 Å². The molecule has 1 aliphatic heterocycles. The van der Waals surface area contributed by atoms with Crippen LogP contribution < -0.4 is 4.74 Å². The number of ether oxygens (including phenoxy) is 1. The number of rotatable bonds is 3. The first-order valence-corrected chi connectivity index (χ1v) is 7.46. The minimum absolute atomic E-state index is 0.194. The number of carbonyl (C=O) groups is 1. The average Bonchev–Trinajstić information content (AvgIpc) is 2.49. The molecule has 2 aromatic rings. The minimum atomic E-state index is -4.54. The van der Waals surface area contributed by atoms with Crippen LogP contribution in [0.3, 0.4) is 0 Å². The van der Waals surface area contributed by atoms with Crippen LogP contribution in [0.2, 0.25) is 5.02 Å². The van der Waals surface area contributed by atoms with Crippen LogP contribution in [-0.2, 0) is 6.18 Å². The maximum absolute atomic E-state index is 12.9. The Labute approximate surface area is 140 Å². The zero-order valence-electron chi connectivity index (χ0n) is 12.3. The number of benzene rings is 1. The molecule has 1 aromatic carbocycles. The van der Waals surface area contributed by atoms with E-state index in [0.29, 0.717) is 10.6 Å². The van der Waals surface area contributed by atoms with Gasteiger partial charge in [0.1, 0.15) is 11.7 Å². The van der Waals surface area contributed by atoms with Crippen molar-refractivity contribution >= 4 is 17.5 Å². The Morgan fingerprint density at radius 1 is 1.25 bits per heavy atom. The Bertz CT molecular complexity index is 761. The van der Waals surface area contributed by atoms with Crippen LogP contribution in [0.15, 0.2) is 42.6 Å². The second kappa shape index (κ2) is 6.32. The van der Waals surface area contributed by atoms with Crippen molar-refractivity contribution in [2.45, 2.75) is 12.3 Å². The van der Waals surface area contributed by atoms with Gasteiger partial charge in [-0.05, 0) is 30.3 Å². The summed E-state index contributed by atoms with van der Waals surface area (Å²) in [5.74, 6) is -0.709. The van der Waals surface area contributed by atoms with Crippen LogP contribution in [-0.4, -0.2) is 35.0 Å². The van der Waals surface area contributed by atoms with Crippen LogP contribution >= 0.6 is 11.6 Å². The normalized spacial score (nSPS) is 15.1. The molecule has 1 amide bonds. The number of halogens is 4. The molecule has 3 rings (SSSR count). The van der Waals surface area contributed by atoms with Gasteiger partial charge in [0.05, 0.1) is 13.1 Å². The number of likely N-dealkylation sites (tertiary alicyclic amines) is 1. The molecule has 0 spiro atoms. The predicted octanol–water partition coefficient (Wildman–Crippen LogP) is 3.66. The van der Waals surface area contributed by atoms with Gasteiger partial charge in [0.15, 0.2) is 0 Å². The molecule has 24 heavy (non-hydrogen) atoms. The largest absolute Gasteiger partial charge is 0.470 e. The predicted molar refractivity (Wildman–Crippen MR) is 81.0 cm³/mol. The van der Waals surface area contributed by atoms with Gasteiger partial charge in [0.2, 0.25) is 5.88 Å². The van der Waals surface area contributed by atoms with Crippen LogP contribution in [0.5, 0.6) is 5.88 Å². The highest BCUT2D eigenvalue weighted by Crippen LogP contribution is 2.35. The zero-order valence-corrected chi connectivity index (χ0v) is 13.0. The molecule has 1 aliphatic rings. The molecule has 1 aromatic heterocycles. The van der Waals surface area contributed by atoms with Crippen molar-refractivity contribution in [1.82, 2.24) is 9.88 Å². The molecule has 126 valence electrons. The maximum atomic E-state index is 12.9. The number of amides is 1. The third-order valence-electron chi connectivity index (χ3n) is 3.56. The van der Waals surface area contributed by atoms with Crippen molar-refractivity contribution in [2.75, 3.05) is 13.1 Å². The van der Waals surface area contributed by atoms with Gasteiger partial charge in [-0.25, -0.2) is 4.98 Å². The standard InChI is InChI=1S/C16H12ClF3N2O2/c17-11-4-1-3-10(7-11)15(23)22-8-12(9-22)24-14-13(16(18,19)20)5-2-6-21-14/h1-7,12H,8-9H2. The molecule has 0 unspecified atom stereocenters. The van der Waals surface area contributed by atoms with E-state index in [-0.39, 0.29) is 19.0 Å². The third kappa shape index (κ3) is 3.46. The summed E-state index contributed by atoms with van der Waals surface area (Å²) in [4.78, 5) is 17.3. The van der Waals surface area contributed by atoms with Gasteiger partial charge in [-0.3, -0.25) is 4.79 Å². The van der Waals surface area contributed by atoms with E-state index in [0.717, 1.165) is 6.07 Å². The number of hydrogen-bond donors (Lipinski definition) is 0. The van der Waals surface area contributed by atoms with Gasteiger partial charge in [-0.15, -0.1) is 0 Å². The molecule has 0 aliphatic carbocycles. The minimum Gasteiger partial charge on any atom is -0.470 e. The molecule has 0 bridgehead atoms. The molecule has 1 saturated heterocycles. The SMILES string of the molecule is O=C(c1cccc(Cl)c1)N1CC(Oc2ncccc2C(F)(F)F)C1. The Morgan fingerprint density at radius 3 is 2.67 bits per heavy atom. The van der Waals surface area contributed by atoms with Crippen molar-refractivity contribution in [3.63, 3.8) is 0 Å². The number of alkyl halides is 3. The molecule has 1 fully saturated rings. The summed E-state index contributed by atoms with van der Waals surface area (Å²) in [5, 5.41) is 0.442. The van der Waals surface area contributed by atoms with E-state index < -0.39 is 23.7 Å². The quantitative estimate of drug-likeness (QED) is 0.843. The monoisotopic (exact) mass is 356 g/mol. The Kier molecular flexibility index (Phi) is 4.36. The van der Waals surface area contributed by atoms with Crippen LogP contribution in [0.4, 0.5) is 13.2 Å². The first-order chi connectivity index (χ1) is 11.3. The van der Waals surface area contributed by atoms with E-state index in [1.807, 2.05) is 0 Å². The number of hydrogen-bond acceptors (Lipinski definition) is 3. The molecule has 0 N–H and O–H groups in total. The van der Waals surface area contributed by atoms with Crippen LogP contribution in [0.25, 0.3) is 0 Å². The molecule has 0 saturated carbocycles. The fourth-order valence-corrected chi connectivity index (χ4v) is 2.53. The molecule has 8 heteroatoms. The van der Waals surface area contributed by atoms with Crippen molar-refractivity contribution in [3.8, 4) is 5.88 Å². The molecule has 0 atom stereocenters. The second-order valence-corrected chi connectivity index (χ2v) is 5.75. The number of nitrogens with zero attached hydrogens (tertiary/aromatic N) is 2. The van der Waals surface area contributed by atoms with Gasteiger partial charge in [-0.1, -0.05) is 17.7 Å². The third-order valence-corrected chi connectivity index (χ3v) is 3.80. The molecule has 0 radical (unpaired) electrons. The van der Waals surface area contributed by atoms with E-state index in [9.17, 15) is 18.0 Å². The molecular weight excluding hydrogens is 345 g/mol. The smallest absolute Gasteiger partial charge is 0.421 e. The van der Waals surface area contributed by atoms with Gasteiger partial charge >= 0.3 is 6.18 Å². The highest BCUT2D eigenvalue weighted by atomic mass is 35.5. The lowest BCUT2D eigenvalue weighted by atomic mass is 10.1. The highest BCUT2D eigenvalue weighted by Gasteiger charge is 2.38. The number of carbonyl (C=O) groups excluding carboxylic acids is 1. The summed E-state index contributed by atoms with van der Waals surface area (Å²) in [6.07, 6.45) is -3.83. The fourth-order valence-electron chi connectivity index (χ4n) is 2.34. The van der Waals surface area contributed by atoms with E-state index in [4.69, 9.17) is 16.3 Å². The van der Waals surface area contributed by atoms with Gasteiger partial charge in [0.25, 0.3) is 5.91 Å². The maximum Gasteiger partial charge on any atom is 0.421 e. The topological polar surface area (TPSA) is 42.4 Å². The second-order valence-electron chi connectivity index (χ2n) is 5.31. The molecule has 4 nitrogen and oxygen atoms in total. The summed E-state index contributed by atoms with van der Waals surface area (Å²) in [6.45, 7) is 0.387. The van der Waals surface area contributed by atoms with E-state index >= 15 is 0 Å². The zero-order chi connectivity index (χ0) is 17.3. The summed E-state index contributed by atoms with van der Waals surface area (Å²) >= 11 is 5.84. The van der Waals surface area contributed by atoms with E-state index in [2.05, 4.69) is 4.98 Å². The first-order valence-electron chi connectivity index (χ1n) is 7.08. The van der Waals surface area contributed by atoms with E-state index in [1.165, 1.54) is 17.2 Å². The van der Waals surface area contributed by atoms with Crippen LogP contribution in [0.1, 0.15) is 15.9 Å². The van der Waals surface area contributed by atoms with Gasteiger partial charge in [0, 0.05) is 16.8 Å². The lowest BCUT2D eigenvalue weighted by Gasteiger charge is -2.39. The number of pyridine rings is 1. The van der Waals surface area contributed by atoms with Crippen LogP contribution in [0, 0.1) is 0 Å². The van der Waals surface area contributed by atoms with Crippen molar-refractivity contribution in [3.05, 3.63) is 58.7 Å². The lowest BCUT2D eigenvalue weighted by molar-refractivity contribution is -0.140. The Morgan fingerprint density at radius 2 is 2.00 bits per heavy atom. The highest BCUT2D eigenvalue weighted by molar-refractivity contribution is 6.30. The summed E-state index contributed by atoms with van der Waals surface area (Å²) in [5.41, 5.74) is -0.501. The molecule has 2 heterocycles.